The molecule has 0 spiro atoms. The Kier molecular flexibility index (Phi) is 6.42. The summed E-state index contributed by atoms with van der Waals surface area (Å²) in [4.78, 5) is 0. The highest BCUT2D eigenvalue weighted by molar-refractivity contribution is 7.88. The summed E-state index contributed by atoms with van der Waals surface area (Å²) in [5.74, 6) is 2.35. The molecule has 18 heavy (non-hydrogen) atoms. The monoisotopic (exact) mass is 295 g/mol. The van der Waals surface area contributed by atoms with E-state index in [9.17, 15) is 8.42 Å². The van der Waals surface area contributed by atoms with Crippen LogP contribution in [0.3, 0.4) is 0 Å². The number of alkyl halides is 1. The van der Waals surface area contributed by atoms with E-state index in [4.69, 9.17) is 11.6 Å². The molecule has 2 atom stereocenters. The van der Waals surface area contributed by atoms with Crippen LogP contribution in [0.2, 0.25) is 0 Å². The summed E-state index contributed by atoms with van der Waals surface area (Å²) >= 11 is 6.03. The van der Waals surface area contributed by atoms with E-state index in [0.29, 0.717) is 36.7 Å². The van der Waals surface area contributed by atoms with Gasteiger partial charge in [-0.1, -0.05) is 13.8 Å². The maximum absolute atomic E-state index is 11.6. The maximum atomic E-state index is 11.6. The van der Waals surface area contributed by atoms with Crippen LogP contribution in [-0.4, -0.2) is 37.9 Å². The fraction of sp³-hybridized carbons (Fsp3) is 1.00. The molecule has 0 aromatic rings. The van der Waals surface area contributed by atoms with Gasteiger partial charge in [-0.3, -0.25) is 0 Å². The Balaban J connectivity index is 2.51. The molecule has 0 amide bonds. The summed E-state index contributed by atoms with van der Waals surface area (Å²) in [6.07, 6.45) is 5.63. The molecule has 2 unspecified atom stereocenters. The lowest BCUT2D eigenvalue weighted by molar-refractivity contribution is 0.226. The first-order chi connectivity index (χ1) is 8.32. The van der Waals surface area contributed by atoms with Gasteiger partial charge in [0.1, 0.15) is 0 Å². The van der Waals surface area contributed by atoms with Gasteiger partial charge in [0, 0.05) is 19.0 Å². The number of nitrogens with zero attached hydrogens (tertiary/aromatic N) is 1. The van der Waals surface area contributed by atoms with Crippen molar-refractivity contribution >= 4 is 21.6 Å². The molecular weight excluding hydrogens is 270 g/mol. The third-order valence-corrected chi connectivity index (χ3v) is 5.35. The lowest BCUT2D eigenvalue weighted by atomic mass is 9.86. The van der Waals surface area contributed by atoms with Crippen molar-refractivity contribution in [1.29, 1.82) is 0 Å². The first-order valence-corrected chi connectivity index (χ1v) is 9.22. The van der Waals surface area contributed by atoms with Crippen molar-refractivity contribution in [1.82, 2.24) is 4.31 Å². The minimum atomic E-state index is -3.02. The van der Waals surface area contributed by atoms with Crippen LogP contribution < -0.4 is 0 Å². The largest absolute Gasteiger partial charge is 0.213 e. The predicted octanol–water partition coefficient (Wildman–Crippen LogP) is 2.95. The summed E-state index contributed by atoms with van der Waals surface area (Å²) in [5.41, 5.74) is 0. The average Bonchev–Trinajstić information content (AvgIpc) is 2.26. The van der Waals surface area contributed by atoms with Crippen LogP contribution in [0.25, 0.3) is 0 Å². The SMILES string of the molecule is CC(C)CC(CCl)CC1CCCN(S(C)(=O)=O)C1. The molecule has 1 saturated heterocycles. The van der Waals surface area contributed by atoms with Gasteiger partial charge in [0.2, 0.25) is 10.0 Å². The number of halogens is 1. The van der Waals surface area contributed by atoms with Crippen molar-refractivity contribution in [3.63, 3.8) is 0 Å². The van der Waals surface area contributed by atoms with Crippen LogP contribution in [0.15, 0.2) is 0 Å². The molecule has 0 N–H and O–H groups in total. The Hall–Kier alpha value is 0.200. The molecule has 1 aliphatic rings. The lowest BCUT2D eigenvalue weighted by Crippen LogP contribution is -2.39. The van der Waals surface area contributed by atoms with Crippen molar-refractivity contribution in [2.45, 2.75) is 39.5 Å². The molecule has 0 aromatic carbocycles. The highest BCUT2D eigenvalue weighted by Gasteiger charge is 2.27. The highest BCUT2D eigenvalue weighted by Crippen LogP contribution is 2.28. The predicted molar refractivity (Wildman–Crippen MR) is 77.4 cm³/mol. The number of sulfonamides is 1. The zero-order chi connectivity index (χ0) is 13.8. The molecule has 1 heterocycles. The van der Waals surface area contributed by atoms with Gasteiger partial charge in [-0.15, -0.1) is 11.6 Å². The lowest BCUT2D eigenvalue weighted by Gasteiger charge is -2.33. The summed E-state index contributed by atoms with van der Waals surface area (Å²) in [7, 11) is -3.02. The second-order valence-corrected chi connectivity index (χ2v) is 8.31. The Morgan fingerprint density at radius 2 is 2.06 bits per heavy atom. The van der Waals surface area contributed by atoms with E-state index < -0.39 is 10.0 Å². The van der Waals surface area contributed by atoms with Crippen molar-refractivity contribution in [3.8, 4) is 0 Å². The quantitative estimate of drug-likeness (QED) is 0.707. The summed E-state index contributed by atoms with van der Waals surface area (Å²) < 4.78 is 24.8. The Bertz CT molecular complexity index is 343. The van der Waals surface area contributed by atoms with E-state index in [-0.39, 0.29) is 0 Å². The van der Waals surface area contributed by atoms with Gasteiger partial charge in [-0.25, -0.2) is 12.7 Å². The number of rotatable bonds is 6. The number of hydrogen-bond donors (Lipinski definition) is 0. The summed E-state index contributed by atoms with van der Waals surface area (Å²) in [6.45, 7) is 5.79. The molecule has 108 valence electrons. The van der Waals surface area contributed by atoms with Crippen LogP contribution in [-0.2, 0) is 10.0 Å². The molecule has 3 nitrogen and oxygen atoms in total. The Labute approximate surface area is 117 Å². The van der Waals surface area contributed by atoms with Crippen molar-refractivity contribution in [3.05, 3.63) is 0 Å². The Morgan fingerprint density at radius 1 is 1.39 bits per heavy atom. The third kappa shape index (κ3) is 5.45. The molecule has 0 aliphatic carbocycles. The topological polar surface area (TPSA) is 37.4 Å². The van der Waals surface area contributed by atoms with Crippen LogP contribution in [0, 0.1) is 17.8 Å². The zero-order valence-electron chi connectivity index (χ0n) is 11.7. The van der Waals surface area contributed by atoms with E-state index in [1.54, 1.807) is 4.31 Å². The molecule has 1 rings (SSSR count). The fourth-order valence-corrected chi connectivity index (χ4v) is 4.08. The van der Waals surface area contributed by atoms with Gasteiger partial charge >= 0.3 is 0 Å². The first-order valence-electron chi connectivity index (χ1n) is 6.84. The van der Waals surface area contributed by atoms with Crippen molar-refractivity contribution < 1.29 is 8.42 Å². The molecular formula is C13H26ClNO2S. The standard InChI is InChI=1S/C13H26ClNO2S/c1-11(2)7-13(9-14)8-12-5-4-6-15(10-12)18(3,16)17/h11-13H,4-10H2,1-3H3. The normalized spacial score (nSPS) is 24.4. The van der Waals surface area contributed by atoms with Crippen molar-refractivity contribution in [2.24, 2.45) is 17.8 Å². The van der Waals surface area contributed by atoms with Crippen LogP contribution in [0.5, 0.6) is 0 Å². The zero-order valence-corrected chi connectivity index (χ0v) is 13.3. The molecule has 0 bridgehead atoms. The van der Waals surface area contributed by atoms with Gasteiger partial charge in [-0.2, -0.15) is 0 Å². The number of hydrogen-bond acceptors (Lipinski definition) is 2. The fourth-order valence-electron chi connectivity index (χ4n) is 2.88. The van der Waals surface area contributed by atoms with E-state index in [2.05, 4.69) is 13.8 Å². The minimum Gasteiger partial charge on any atom is -0.213 e. The third-order valence-electron chi connectivity index (χ3n) is 3.64. The van der Waals surface area contributed by atoms with Gasteiger partial charge < -0.3 is 0 Å². The van der Waals surface area contributed by atoms with Gasteiger partial charge in [0.05, 0.1) is 6.26 Å². The molecule has 0 aromatic heterocycles. The molecule has 5 heteroatoms. The van der Waals surface area contributed by atoms with Gasteiger partial charge in [0.25, 0.3) is 0 Å². The maximum Gasteiger partial charge on any atom is 0.211 e. The minimum absolute atomic E-state index is 0.482. The van der Waals surface area contributed by atoms with Gasteiger partial charge in [0.15, 0.2) is 0 Å². The van der Waals surface area contributed by atoms with E-state index >= 15 is 0 Å². The molecule has 1 aliphatic heterocycles. The first kappa shape index (κ1) is 16.3. The molecule has 1 fully saturated rings. The second-order valence-electron chi connectivity index (χ2n) is 6.01. The highest BCUT2D eigenvalue weighted by atomic mass is 35.5. The Morgan fingerprint density at radius 3 is 2.56 bits per heavy atom. The van der Waals surface area contributed by atoms with E-state index in [0.717, 1.165) is 25.7 Å². The van der Waals surface area contributed by atoms with Crippen LogP contribution in [0.1, 0.15) is 39.5 Å². The summed E-state index contributed by atoms with van der Waals surface area (Å²) in [5, 5.41) is 0. The van der Waals surface area contributed by atoms with E-state index in [1.165, 1.54) is 6.26 Å². The second kappa shape index (κ2) is 7.11. The molecule has 0 saturated carbocycles. The summed E-state index contributed by atoms with van der Waals surface area (Å²) in [6, 6.07) is 0. The molecule has 0 radical (unpaired) electrons. The van der Waals surface area contributed by atoms with Crippen LogP contribution >= 0.6 is 11.6 Å². The van der Waals surface area contributed by atoms with E-state index in [1.807, 2.05) is 0 Å². The van der Waals surface area contributed by atoms with Gasteiger partial charge in [-0.05, 0) is 43.4 Å². The number of piperidine rings is 1. The van der Waals surface area contributed by atoms with Crippen molar-refractivity contribution in [2.75, 3.05) is 25.2 Å². The average molecular weight is 296 g/mol. The van der Waals surface area contributed by atoms with Crippen LogP contribution in [0.4, 0.5) is 0 Å². The smallest absolute Gasteiger partial charge is 0.211 e.